The molecule has 1 aliphatic rings. The molecule has 1 heterocycles. The Kier molecular flexibility index (Phi) is 2.78. The average Bonchev–Trinajstić information content (AvgIpc) is 2.26. The normalized spacial score (nSPS) is 14.8. The van der Waals surface area contributed by atoms with Crippen LogP contribution in [0, 0.1) is 5.82 Å². The summed E-state index contributed by atoms with van der Waals surface area (Å²) in [7, 11) is 0. The number of nitrogens with zero attached hydrogens (tertiary/aromatic N) is 1. The van der Waals surface area contributed by atoms with Crippen molar-refractivity contribution in [2.45, 2.75) is 19.6 Å². The molecule has 1 amide bonds. The lowest BCUT2D eigenvalue weighted by molar-refractivity contribution is 0.139. The summed E-state index contributed by atoms with van der Waals surface area (Å²) < 4.78 is 13.2. The van der Waals surface area contributed by atoms with Crippen LogP contribution in [0.5, 0.6) is 0 Å². The molecule has 86 valence electrons. The lowest BCUT2D eigenvalue weighted by atomic mass is 9.95. The van der Waals surface area contributed by atoms with E-state index in [2.05, 4.69) is 0 Å². The minimum Gasteiger partial charge on any atom is -0.465 e. The van der Waals surface area contributed by atoms with Gasteiger partial charge in [0.1, 0.15) is 5.82 Å². The fourth-order valence-electron chi connectivity index (χ4n) is 2.05. The summed E-state index contributed by atoms with van der Waals surface area (Å²) in [5.41, 5.74) is 2.08. The highest BCUT2D eigenvalue weighted by atomic mass is 19.1. The maximum Gasteiger partial charge on any atom is 0.407 e. The number of aliphatic hydroxyl groups excluding tert-OH is 1. The molecule has 0 aromatic heterocycles. The summed E-state index contributed by atoms with van der Waals surface area (Å²) in [4.78, 5) is 12.0. The van der Waals surface area contributed by atoms with Crippen LogP contribution in [0.3, 0.4) is 0 Å². The smallest absolute Gasteiger partial charge is 0.407 e. The zero-order valence-corrected chi connectivity index (χ0v) is 8.61. The molecule has 0 saturated heterocycles. The van der Waals surface area contributed by atoms with E-state index in [1.54, 1.807) is 0 Å². The number of carboxylic acid groups (broad SMARTS) is 1. The minimum absolute atomic E-state index is 0.190. The van der Waals surface area contributed by atoms with E-state index >= 15 is 0 Å². The van der Waals surface area contributed by atoms with Crippen LogP contribution in [0.1, 0.15) is 16.7 Å². The highest BCUT2D eigenvalue weighted by molar-refractivity contribution is 5.65. The van der Waals surface area contributed by atoms with Gasteiger partial charge >= 0.3 is 6.09 Å². The van der Waals surface area contributed by atoms with Gasteiger partial charge < -0.3 is 15.1 Å². The number of benzene rings is 1. The largest absolute Gasteiger partial charge is 0.465 e. The van der Waals surface area contributed by atoms with Gasteiger partial charge in [-0.2, -0.15) is 0 Å². The first-order valence-corrected chi connectivity index (χ1v) is 5.00. The van der Waals surface area contributed by atoms with Gasteiger partial charge in [-0.05, 0) is 35.2 Å². The van der Waals surface area contributed by atoms with Gasteiger partial charge in [-0.25, -0.2) is 9.18 Å². The van der Waals surface area contributed by atoms with Crippen molar-refractivity contribution in [2.24, 2.45) is 0 Å². The van der Waals surface area contributed by atoms with Crippen molar-refractivity contribution < 1.29 is 19.4 Å². The van der Waals surface area contributed by atoms with Crippen LogP contribution in [0.2, 0.25) is 0 Å². The van der Waals surface area contributed by atoms with Gasteiger partial charge in [0.2, 0.25) is 0 Å². The summed E-state index contributed by atoms with van der Waals surface area (Å²) in [6, 6.07) is 2.64. The number of carbonyl (C=O) groups is 1. The van der Waals surface area contributed by atoms with Crippen molar-refractivity contribution in [1.82, 2.24) is 4.90 Å². The molecule has 1 aliphatic heterocycles. The third kappa shape index (κ3) is 1.86. The third-order valence-corrected chi connectivity index (χ3v) is 2.83. The standard InChI is InChI=1S/C11H12FNO3/c12-9-3-7-5-13(11(15)16)2-1-10(7)8(4-9)6-14/h3-4,14H,1-2,5-6H2,(H,15,16). The minimum atomic E-state index is -1.000. The second-order valence-corrected chi connectivity index (χ2v) is 3.81. The Morgan fingerprint density at radius 1 is 1.50 bits per heavy atom. The molecule has 0 spiro atoms. The Labute approximate surface area is 91.9 Å². The van der Waals surface area contributed by atoms with Crippen molar-refractivity contribution in [2.75, 3.05) is 6.54 Å². The maximum atomic E-state index is 13.2. The number of hydrogen-bond acceptors (Lipinski definition) is 2. The predicted octanol–water partition coefficient (Wildman–Crippen LogP) is 1.35. The Bertz CT molecular complexity index is 433. The molecule has 0 unspecified atom stereocenters. The Morgan fingerprint density at radius 3 is 2.88 bits per heavy atom. The number of aliphatic hydroxyl groups is 1. The fourth-order valence-corrected chi connectivity index (χ4v) is 2.05. The molecule has 0 saturated carbocycles. The third-order valence-electron chi connectivity index (χ3n) is 2.83. The van der Waals surface area contributed by atoms with Crippen molar-refractivity contribution in [1.29, 1.82) is 0 Å². The van der Waals surface area contributed by atoms with Gasteiger partial charge in [-0.3, -0.25) is 0 Å². The fraction of sp³-hybridized carbons (Fsp3) is 0.364. The van der Waals surface area contributed by atoms with Crippen LogP contribution in [0.4, 0.5) is 9.18 Å². The molecule has 0 atom stereocenters. The van der Waals surface area contributed by atoms with Gasteiger partial charge in [-0.15, -0.1) is 0 Å². The number of fused-ring (bicyclic) bond motifs is 1. The van der Waals surface area contributed by atoms with E-state index in [0.29, 0.717) is 24.1 Å². The summed E-state index contributed by atoms with van der Waals surface area (Å²) in [6.45, 7) is 0.365. The van der Waals surface area contributed by atoms with E-state index in [9.17, 15) is 9.18 Å². The molecule has 0 fully saturated rings. The summed E-state index contributed by atoms with van der Waals surface area (Å²) in [5, 5.41) is 17.9. The summed E-state index contributed by atoms with van der Waals surface area (Å²) >= 11 is 0. The van der Waals surface area contributed by atoms with Crippen molar-refractivity contribution in [3.8, 4) is 0 Å². The van der Waals surface area contributed by atoms with Crippen molar-refractivity contribution in [3.05, 3.63) is 34.6 Å². The Morgan fingerprint density at radius 2 is 2.25 bits per heavy atom. The molecule has 0 aliphatic carbocycles. The van der Waals surface area contributed by atoms with Gasteiger partial charge in [-0.1, -0.05) is 0 Å². The van der Waals surface area contributed by atoms with Gasteiger partial charge in [0.15, 0.2) is 0 Å². The molecule has 5 heteroatoms. The second kappa shape index (κ2) is 4.09. The van der Waals surface area contributed by atoms with Gasteiger partial charge in [0, 0.05) is 13.1 Å². The lowest BCUT2D eigenvalue weighted by Gasteiger charge is -2.27. The van der Waals surface area contributed by atoms with E-state index < -0.39 is 11.9 Å². The molecule has 1 aromatic rings. The van der Waals surface area contributed by atoms with Crippen molar-refractivity contribution in [3.63, 3.8) is 0 Å². The predicted molar refractivity (Wildman–Crippen MR) is 54.5 cm³/mol. The molecule has 16 heavy (non-hydrogen) atoms. The van der Waals surface area contributed by atoms with Crippen LogP contribution < -0.4 is 0 Å². The highest BCUT2D eigenvalue weighted by Gasteiger charge is 2.22. The first kappa shape index (κ1) is 10.9. The Hall–Kier alpha value is -1.62. The van der Waals surface area contributed by atoms with Gasteiger partial charge in [0.05, 0.1) is 6.61 Å². The second-order valence-electron chi connectivity index (χ2n) is 3.81. The first-order valence-electron chi connectivity index (χ1n) is 5.00. The highest BCUT2D eigenvalue weighted by Crippen LogP contribution is 2.24. The van der Waals surface area contributed by atoms with Crippen LogP contribution in [0.15, 0.2) is 12.1 Å². The van der Waals surface area contributed by atoms with E-state index in [0.717, 1.165) is 5.56 Å². The van der Waals surface area contributed by atoms with E-state index in [4.69, 9.17) is 10.2 Å². The molecule has 0 radical (unpaired) electrons. The number of halogens is 1. The topological polar surface area (TPSA) is 60.8 Å². The van der Waals surface area contributed by atoms with Crippen LogP contribution in [0.25, 0.3) is 0 Å². The van der Waals surface area contributed by atoms with Crippen LogP contribution in [-0.4, -0.2) is 27.8 Å². The molecule has 2 N–H and O–H groups in total. The monoisotopic (exact) mass is 225 g/mol. The zero-order valence-electron chi connectivity index (χ0n) is 8.61. The molecular formula is C11H12FNO3. The van der Waals surface area contributed by atoms with Crippen LogP contribution >= 0.6 is 0 Å². The quantitative estimate of drug-likeness (QED) is 0.758. The number of hydrogen-bond donors (Lipinski definition) is 2. The Balaban J connectivity index is 2.38. The molecule has 0 bridgehead atoms. The summed E-state index contributed by atoms with van der Waals surface area (Å²) in [6.07, 6.45) is -0.474. The molecule has 2 rings (SSSR count). The van der Waals surface area contributed by atoms with Gasteiger partial charge in [0.25, 0.3) is 0 Å². The van der Waals surface area contributed by atoms with E-state index in [1.807, 2.05) is 0 Å². The van der Waals surface area contributed by atoms with Crippen molar-refractivity contribution >= 4 is 6.09 Å². The average molecular weight is 225 g/mol. The first-order chi connectivity index (χ1) is 7.61. The maximum absolute atomic E-state index is 13.2. The molecule has 4 nitrogen and oxygen atoms in total. The SMILES string of the molecule is O=C(O)N1CCc2c(CO)cc(F)cc2C1. The van der Waals surface area contributed by atoms with E-state index in [1.165, 1.54) is 17.0 Å². The number of amides is 1. The lowest BCUT2D eigenvalue weighted by Crippen LogP contribution is -2.35. The number of rotatable bonds is 1. The molecular weight excluding hydrogens is 213 g/mol. The van der Waals surface area contributed by atoms with E-state index in [-0.39, 0.29) is 13.2 Å². The summed E-state index contributed by atoms with van der Waals surface area (Å²) in [5.74, 6) is -0.435. The zero-order chi connectivity index (χ0) is 11.7. The van der Waals surface area contributed by atoms with Crippen LogP contribution in [-0.2, 0) is 19.6 Å². The molecule has 1 aromatic carbocycles.